The van der Waals surface area contributed by atoms with Gasteiger partial charge >= 0.3 is 0 Å². The first-order chi connectivity index (χ1) is 4.65. The van der Waals surface area contributed by atoms with Crippen molar-refractivity contribution >= 4 is 0 Å². The van der Waals surface area contributed by atoms with Crippen LogP contribution in [0.1, 0.15) is 26.7 Å². The molecular weight excluding hydrogens is 130 g/mol. The van der Waals surface area contributed by atoms with E-state index in [2.05, 4.69) is 0 Å². The first-order valence-corrected chi connectivity index (χ1v) is 3.31. The maximum Gasteiger partial charge on any atom is 0.0622 e. The minimum atomic E-state index is -0.167. The highest BCUT2D eigenvalue weighted by Crippen LogP contribution is 1.79. The standard InChI is InChI=1S/C4H7NO.C3H8O/c5-3-1-2-4-6;1-3(2)4/h6H,1-2,4H2;3-4H,1-2H3. The number of rotatable bonds is 2. The van der Waals surface area contributed by atoms with E-state index in [9.17, 15) is 0 Å². The van der Waals surface area contributed by atoms with Crippen LogP contribution in [-0.4, -0.2) is 22.9 Å². The van der Waals surface area contributed by atoms with Crippen molar-refractivity contribution in [1.82, 2.24) is 0 Å². The van der Waals surface area contributed by atoms with Crippen molar-refractivity contribution in [2.45, 2.75) is 32.8 Å². The van der Waals surface area contributed by atoms with E-state index < -0.39 is 0 Å². The Morgan fingerprint density at radius 3 is 2.00 bits per heavy atom. The molecule has 0 aliphatic rings. The molecule has 0 aromatic rings. The van der Waals surface area contributed by atoms with E-state index in [1.807, 2.05) is 6.07 Å². The van der Waals surface area contributed by atoms with Crippen LogP contribution in [-0.2, 0) is 0 Å². The van der Waals surface area contributed by atoms with Crippen LogP contribution >= 0.6 is 0 Å². The van der Waals surface area contributed by atoms with Gasteiger partial charge in [0.25, 0.3) is 0 Å². The Hall–Kier alpha value is -0.590. The molecule has 0 saturated heterocycles. The molecule has 2 N–H and O–H groups in total. The fraction of sp³-hybridized carbons (Fsp3) is 0.857. The Morgan fingerprint density at radius 1 is 1.50 bits per heavy atom. The van der Waals surface area contributed by atoms with Gasteiger partial charge in [-0.25, -0.2) is 0 Å². The topological polar surface area (TPSA) is 64.2 Å². The zero-order valence-electron chi connectivity index (χ0n) is 6.54. The molecule has 60 valence electrons. The molecule has 0 fully saturated rings. The van der Waals surface area contributed by atoms with Crippen LogP contribution in [0.5, 0.6) is 0 Å². The van der Waals surface area contributed by atoms with Gasteiger partial charge in [-0.2, -0.15) is 5.26 Å². The van der Waals surface area contributed by atoms with Gasteiger partial charge in [0, 0.05) is 19.1 Å². The smallest absolute Gasteiger partial charge is 0.0622 e. The lowest BCUT2D eigenvalue weighted by molar-refractivity contribution is 0.216. The number of nitrogens with zero attached hydrogens (tertiary/aromatic N) is 1. The monoisotopic (exact) mass is 145 g/mol. The third-order valence-corrected chi connectivity index (χ3v) is 0.447. The van der Waals surface area contributed by atoms with E-state index in [4.69, 9.17) is 15.5 Å². The van der Waals surface area contributed by atoms with Crippen molar-refractivity contribution in [2.75, 3.05) is 6.61 Å². The predicted octanol–water partition coefficient (Wildman–Crippen LogP) is 0.670. The molecular formula is C7H15NO2. The normalized spacial score (nSPS) is 8.00. The molecule has 0 amide bonds. The molecule has 10 heavy (non-hydrogen) atoms. The van der Waals surface area contributed by atoms with Crippen LogP contribution in [0.3, 0.4) is 0 Å². The summed E-state index contributed by atoms with van der Waals surface area (Å²) < 4.78 is 0. The number of hydrogen-bond donors (Lipinski definition) is 2. The summed E-state index contributed by atoms with van der Waals surface area (Å²) in [5, 5.41) is 23.9. The Labute approximate surface area is 61.9 Å². The van der Waals surface area contributed by atoms with Gasteiger partial charge < -0.3 is 10.2 Å². The lowest BCUT2D eigenvalue weighted by Gasteiger charge is -1.80. The summed E-state index contributed by atoms with van der Waals surface area (Å²) in [6, 6.07) is 1.91. The van der Waals surface area contributed by atoms with Crippen molar-refractivity contribution in [2.24, 2.45) is 0 Å². The van der Waals surface area contributed by atoms with Gasteiger partial charge in [0.2, 0.25) is 0 Å². The summed E-state index contributed by atoms with van der Waals surface area (Å²) in [6.45, 7) is 3.58. The molecule has 0 atom stereocenters. The maximum absolute atomic E-state index is 8.06. The second-order valence-electron chi connectivity index (χ2n) is 2.08. The molecule has 0 saturated carbocycles. The fourth-order valence-corrected chi connectivity index (χ4v) is 0.158. The molecule has 0 unspecified atom stereocenters. The van der Waals surface area contributed by atoms with Crippen LogP contribution in [0.4, 0.5) is 0 Å². The molecule has 0 spiro atoms. The second-order valence-corrected chi connectivity index (χ2v) is 2.08. The summed E-state index contributed by atoms with van der Waals surface area (Å²) in [6.07, 6.45) is 0.910. The van der Waals surface area contributed by atoms with Crippen molar-refractivity contribution in [3.63, 3.8) is 0 Å². The van der Waals surface area contributed by atoms with Crippen LogP contribution < -0.4 is 0 Å². The number of nitriles is 1. The minimum absolute atomic E-state index is 0.133. The molecule has 0 aromatic carbocycles. The van der Waals surface area contributed by atoms with E-state index >= 15 is 0 Å². The van der Waals surface area contributed by atoms with Gasteiger partial charge in [-0.1, -0.05) is 0 Å². The molecule has 0 bridgehead atoms. The molecule has 3 heteroatoms. The van der Waals surface area contributed by atoms with Crippen LogP contribution in [0, 0.1) is 11.3 Å². The van der Waals surface area contributed by atoms with Gasteiger partial charge in [-0.15, -0.1) is 0 Å². The van der Waals surface area contributed by atoms with Gasteiger partial charge in [-0.05, 0) is 20.3 Å². The first kappa shape index (κ1) is 12.1. The minimum Gasteiger partial charge on any atom is -0.396 e. The predicted molar refractivity (Wildman–Crippen MR) is 39.3 cm³/mol. The number of unbranched alkanes of at least 4 members (excludes halogenated alkanes) is 1. The van der Waals surface area contributed by atoms with Crippen LogP contribution in [0.15, 0.2) is 0 Å². The summed E-state index contributed by atoms with van der Waals surface area (Å²) in [4.78, 5) is 0. The second kappa shape index (κ2) is 11.2. The molecule has 3 nitrogen and oxygen atoms in total. The maximum atomic E-state index is 8.06. The van der Waals surface area contributed by atoms with Crippen molar-refractivity contribution in [3.8, 4) is 6.07 Å². The van der Waals surface area contributed by atoms with Gasteiger partial charge in [0.15, 0.2) is 0 Å². The van der Waals surface area contributed by atoms with Gasteiger partial charge in [-0.3, -0.25) is 0 Å². The largest absolute Gasteiger partial charge is 0.396 e. The summed E-state index contributed by atoms with van der Waals surface area (Å²) >= 11 is 0. The molecule has 0 aliphatic carbocycles. The Kier molecular flexibility index (Phi) is 13.6. The van der Waals surface area contributed by atoms with Crippen LogP contribution in [0.25, 0.3) is 0 Å². The SMILES string of the molecule is CC(C)O.N#CCCCO. The summed E-state index contributed by atoms with van der Waals surface area (Å²) in [5.74, 6) is 0. The zero-order valence-corrected chi connectivity index (χ0v) is 6.54. The average Bonchev–Trinajstić information content (AvgIpc) is 1.82. The molecule has 0 heterocycles. The Morgan fingerprint density at radius 2 is 1.90 bits per heavy atom. The molecule has 0 rings (SSSR count). The van der Waals surface area contributed by atoms with Crippen LogP contribution in [0.2, 0.25) is 0 Å². The van der Waals surface area contributed by atoms with Crippen molar-refractivity contribution in [3.05, 3.63) is 0 Å². The molecule has 0 radical (unpaired) electrons. The van der Waals surface area contributed by atoms with E-state index in [0.717, 1.165) is 0 Å². The molecule has 0 aliphatic heterocycles. The number of hydrogen-bond acceptors (Lipinski definition) is 3. The van der Waals surface area contributed by atoms with Crippen molar-refractivity contribution < 1.29 is 10.2 Å². The average molecular weight is 145 g/mol. The first-order valence-electron chi connectivity index (χ1n) is 3.31. The third-order valence-electron chi connectivity index (χ3n) is 0.447. The van der Waals surface area contributed by atoms with Crippen molar-refractivity contribution in [1.29, 1.82) is 5.26 Å². The van der Waals surface area contributed by atoms with Gasteiger partial charge in [0.05, 0.1) is 6.07 Å². The lowest BCUT2D eigenvalue weighted by Crippen LogP contribution is -1.85. The van der Waals surface area contributed by atoms with E-state index in [1.54, 1.807) is 13.8 Å². The summed E-state index contributed by atoms with van der Waals surface area (Å²) in [7, 11) is 0. The highest BCUT2D eigenvalue weighted by atomic mass is 16.3. The summed E-state index contributed by atoms with van der Waals surface area (Å²) in [5.41, 5.74) is 0. The Bertz CT molecular complexity index is 83.3. The highest BCUT2D eigenvalue weighted by molar-refractivity contribution is 4.66. The third kappa shape index (κ3) is 52.4. The van der Waals surface area contributed by atoms with E-state index in [1.165, 1.54) is 0 Å². The molecule has 0 aromatic heterocycles. The number of aliphatic hydroxyl groups excluding tert-OH is 2. The lowest BCUT2D eigenvalue weighted by atomic mass is 10.4. The highest BCUT2D eigenvalue weighted by Gasteiger charge is 1.75. The van der Waals surface area contributed by atoms with E-state index in [0.29, 0.717) is 12.8 Å². The zero-order chi connectivity index (χ0) is 8.41. The van der Waals surface area contributed by atoms with E-state index in [-0.39, 0.29) is 12.7 Å². The Balaban J connectivity index is 0. The number of aliphatic hydroxyl groups is 2. The quantitative estimate of drug-likeness (QED) is 0.561. The fourth-order valence-electron chi connectivity index (χ4n) is 0.158. The van der Waals surface area contributed by atoms with Gasteiger partial charge in [0.1, 0.15) is 0 Å².